The maximum Gasteiger partial charge on any atom is 0.323 e. The lowest BCUT2D eigenvalue weighted by atomic mass is 10.1. The first kappa shape index (κ1) is 21.2. The molecule has 0 spiro atoms. The molecule has 0 unspecified atom stereocenters. The Hall–Kier alpha value is -3.00. The van der Waals surface area contributed by atoms with Crippen molar-refractivity contribution in [1.29, 1.82) is 0 Å². The van der Waals surface area contributed by atoms with Gasteiger partial charge in [-0.15, -0.1) is 0 Å². The van der Waals surface area contributed by atoms with Crippen LogP contribution >= 0.6 is 0 Å². The van der Waals surface area contributed by atoms with E-state index < -0.39 is 0 Å². The van der Waals surface area contributed by atoms with Gasteiger partial charge in [-0.1, -0.05) is 6.07 Å². The quantitative estimate of drug-likeness (QED) is 0.746. The molecular formula is C23H30N6O2. The lowest BCUT2D eigenvalue weighted by molar-refractivity contribution is 0.0926. The summed E-state index contributed by atoms with van der Waals surface area (Å²) < 4.78 is 0. The first-order valence-corrected chi connectivity index (χ1v) is 10.7. The highest BCUT2D eigenvalue weighted by Gasteiger charge is 2.36. The van der Waals surface area contributed by atoms with Gasteiger partial charge in [-0.2, -0.15) is 0 Å². The molecule has 4 heterocycles. The van der Waals surface area contributed by atoms with E-state index in [0.29, 0.717) is 24.5 Å². The van der Waals surface area contributed by atoms with Crippen molar-refractivity contribution >= 4 is 23.5 Å². The van der Waals surface area contributed by atoms with Gasteiger partial charge in [0.05, 0.1) is 18.6 Å². The molecule has 4 rings (SSSR count). The number of rotatable bonds is 5. The van der Waals surface area contributed by atoms with E-state index in [1.807, 2.05) is 20.0 Å². The van der Waals surface area contributed by atoms with Crippen LogP contribution in [0.3, 0.4) is 0 Å². The zero-order chi connectivity index (χ0) is 22.2. The molecule has 2 aromatic rings. The van der Waals surface area contributed by atoms with Crippen LogP contribution in [-0.4, -0.2) is 71.5 Å². The maximum absolute atomic E-state index is 12.8. The number of nitrogens with zero attached hydrogens (tertiary/aromatic N) is 5. The standard InChI is InChI=1S/C23H30N6O2/c1-16-11-17(2)21(25-12-16)28-9-7-27(8-10-28)14-19(30)18-5-6-20(24-13-18)29-15-23(3,4)26-22(29)31/h5-6,11-13H,7-10,14-15H2,1-4H3,(H,26,31). The summed E-state index contributed by atoms with van der Waals surface area (Å²) in [7, 11) is 0. The minimum Gasteiger partial charge on any atom is -0.354 e. The van der Waals surface area contributed by atoms with E-state index in [4.69, 9.17) is 0 Å². The van der Waals surface area contributed by atoms with E-state index in [1.54, 1.807) is 23.2 Å². The highest BCUT2D eigenvalue weighted by molar-refractivity contribution is 5.98. The fraction of sp³-hybridized carbons (Fsp3) is 0.478. The van der Waals surface area contributed by atoms with Gasteiger partial charge in [-0.05, 0) is 51.0 Å². The molecule has 1 N–H and O–H groups in total. The third-order valence-corrected chi connectivity index (χ3v) is 5.82. The third kappa shape index (κ3) is 4.69. The summed E-state index contributed by atoms with van der Waals surface area (Å²) in [5, 5.41) is 2.92. The van der Waals surface area contributed by atoms with Crippen molar-refractivity contribution in [2.75, 3.05) is 49.1 Å². The summed E-state index contributed by atoms with van der Waals surface area (Å²) in [6.07, 6.45) is 3.48. The molecule has 0 saturated carbocycles. The Bertz CT molecular complexity index is 980. The minimum absolute atomic E-state index is 0.0448. The van der Waals surface area contributed by atoms with Gasteiger partial charge in [0.25, 0.3) is 0 Å². The summed E-state index contributed by atoms with van der Waals surface area (Å²) in [6, 6.07) is 5.51. The van der Waals surface area contributed by atoms with Gasteiger partial charge in [0.15, 0.2) is 5.78 Å². The van der Waals surface area contributed by atoms with Crippen molar-refractivity contribution in [2.45, 2.75) is 33.2 Å². The number of ketones is 1. The number of amides is 2. The van der Waals surface area contributed by atoms with Crippen LogP contribution in [0.4, 0.5) is 16.4 Å². The van der Waals surface area contributed by atoms with Crippen LogP contribution < -0.4 is 15.1 Å². The first-order valence-electron chi connectivity index (χ1n) is 10.7. The van der Waals surface area contributed by atoms with E-state index in [0.717, 1.165) is 32.0 Å². The smallest absolute Gasteiger partial charge is 0.323 e. The molecule has 0 aliphatic carbocycles. The van der Waals surface area contributed by atoms with Crippen LogP contribution in [0.2, 0.25) is 0 Å². The lowest BCUT2D eigenvalue weighted by Crippen LogP contribution is -2.48. The number of Topliss-reactive ketones (excluding diaryl/α,β-unsaturated/α-hetero) is 1. The molecular weight excluding hydrogens is 392 g/mol. The molecule has 0 atom stereocenters. The predicted octanol–water partition coefficient (Wildman–Crippen LogP) is 2.41. The van der Waals surface area contributed by atoms with Crippen LogP contribution in [0.5, 0.6) is 0 Å². The Morgan fingerprint density at radius 2 is 1.84 bits per heavy atom. The molecule has 2 aromatic heterocycles. The van der Waals surface area contributed by atoms with Gasteiger partial charge in [-0.25, -0.2) is 14.8 Å². The Morgan fingerprint density at radius 3 is 2.42 bits per heavy atom. The van der Waals surface area contributed by atoms with E-state index in [2.05, 4.69) is 45.0 Å². The molecule has 2 saturated heterocycles. The first-order chi connectivity index (χ1) is 14.7. The minimum atomic E-state index is -0.290. The van der Waals surface area contributed by atoms with Crippen molar-refractivity contribution < 1.29 is 9.59 Å². The zero-order valence-electron chi connectivity index (χ0n) is 18.7. The number of pyridine rings is 2. The van der Waals surface area contributed by atoms with Crippen LogP contribution in [-0.2, 0) is 0 Å². The number of anilines is 2. The van der Waals surface area contributed by atoms with Crippen LogP contribution in [0.1, 0.15) is 35.3 Å². The van der Waals surface area contributed by atoms with Crippen molar-refractivity contribution in [3.05, 3.63) is 47.3 Å². The molecule has 0 aromatic carbocycles. The number of urea groups is 1. The van der Waals surface area contributed by atoms with Gasteiger partial charge < -0.3 is 10.2 Å². The molecule has 0 radical (unpaired) electrons. The van der Waals surface area contributed by atoms with E-state index in [9.17, 15) is 9.59 Å². The molecule has 164 valence electrons. The average Bonchev–Trinajstić information content (AvgIpc) is 3.01. The predicted molar refractivity (Wildman–Crippen MR) is 121 cm³/mol. The number of carbonyl (C=O) groups is 2. The van der Waals surface area contributed by atoms with E-state index >= 15 is 0 Å². The number of aryl methyl sites for hydroxylation is 2. The molecule has 2 amide bonds. The van der Waals surface area contributed by atoms with Gasteiger partial charge in [0.2, 0.25) is 0 Å². The number of carbonyl (C=O) groups excluding carboxylic acids is 2. The maximum atomic E-state index is 12.8. The Labute approximate surface area is 183 Å². The topological polar surface area (TPSA) is 81.7 Å². The van der Waals surface area contributed by atoms with E-state index in [-0.39, 0.29) is 17.4 Å². The Kier molecular flexibility index (Phi) is 5.66. The number of aromatic nitrogens is 2. The Balaban J connectivity index is 1.32. The number of hydrogen-bond acceptors (Lipinski definition) is 6. The summed E-state index contributed by atoms with van der Waals surface area (Å²) in [4.78, 5) is 39.9. The molecule has 2 fully saturated rings. The van der Waals surface area contributed by atoms with Crippen molar-refractivity contribution in [1.82, 2.24) is 20.2 Å². The number of nitrogens with one attached hydrogen (secondary N) is 1. The fourth-order valence-electron chi connectivity index (χ4n) is 4.21. The zero-order valence-corrected chi connectivity index (χ0v) is 18.7. The van der Waals surface area contributed by atoms with Crippen molar-refractivity contribution in [3.63, 3.8) is 0 Å². The van der Waals surface area contributed by atoms with Crippen LogP contribution in [0, 0.1) is 13.8 Å². The van der Waals surface area contributed by atoms with Crippen LogP contribution in [0.15, 0.2) is 30.6 Å². The summed E-state index contributed by atoms with van der Waals surface area (Å²) >= 11 is 0. The highest BCUT2D eigenvalue weighted by Crippen LogP contribution is 2.22. The monoisotopic (exact) mass is 422 g/mol. The van der Waals surface area contributed by atoms with Crippen LogP contribution in [0.25, 0.3) is 0 Å². The molecule has 8 nitrogen and oxygen atoms in total. The normalized spacial score (nSPS) is 18.9. The van der Waals surface area contributed by atoms with Crippen molar-refractivity contribution in [2.24, 2.45) is 0 Å². The fourth-order valence-corrected chi connectivity index (χ4v) is 4.21. The van der Waals surface area contributed by atoms with Crippen molar-refractivity contribution in [3.8, 4) is 0 Å². The molecule has 2 aliphatic heterocycles. The summed E-state index contributed by atoms with van der Waals surface area (Å²) in [5.74, 6) is 1.64. The second-order valence-electron chi connectivity index (χ2n) is 9.14. The van der Waals surface area contributed by atoms with E-state index in [1.165, 1.54) is 11.1 Å². The average molecular weight is 423 g/mol. The largest absolute Gasteiger partial charge is 0.354 e. The van der Waals surface area contributed by atoms with Gasteiger partial charge in [0, 0.05) is 44.1 Å². The van der Waals surface area contributed by atoms with Gasteiger partial charge in [0.1, 0.15) is 11.6 Å². The SMILES string of the molecule is Cc1cnc(N2CCN(CC(=O)c3ccc(N4CC(C)(C)NC4=O)nc3)CC2)c(C)c1. The molecule has 8 heteroatoms. The molecule has 2 aliphatic rings. The molecule has 0 bridgehead atoms. The molecule has 31 heavy (non-hydrogen) atoms. The second-order valence-corrected chi connectivity index (χ2v) is 9.14. The summed E-state index contributed by atoms with van der Waals surface area (Å²) in [6.45, 7) is 12.3. The van der Waals surface area contributed by atoms with Gasteiger partial charge >= 0.3 is 6.03 Å². The van der Waals surface area contributed by atoms with Gasteiger partial charge in [-0.3, -0.25) is 14.6 Å². The lowest BCUT2D eigenvalue weighted by Gasteiger charge is -2.35. The summed E-state index contributed by atoms with van der Waals surface area (Å²) in [5.41, 5.74) is 2.63. The third-order valence-electron chi connectivity index (χ3n) is 5.82. The number of hydrogen-bond donors (Lipinski definition) is 1. The second kappa shape index (κ2) is 8.26. The number of piperazine rings is 1. The Morgan fingerprint density at radius 1 is 1.10 bits per heavy atom. The highest BCUT2D eigenvalue weighted by atomic mass is 16.2.